The Balaban J connectivity index is 1.77. The molecule has 0 saturated carbocycles. The lowest BCUT2D eigenvalue weighted by Crippen LogP contribution is -2.22. The quantitative estimate of drug-likeness (QED) is 0.439. The summed E-state index contributed by atoms with van der Waals surface area (Å²) in [6.07, 6.45) is 2.90. The Morgan fingerprint density at radius 3 is 1.96 bits per heavy atom. The molecule has 0 fully saturated rings. The van der Waals surface area contributed by atoms with Crippen LogP contribution in [-0.2, 0) is 6.42 Å². The van der Waals surface area contributed by atoms with E-state index in [-0.39, 0.29) is 0 Å². The minimum Gasteiger partial charge on any atom is -0.256 e. The highest BCUT2D eigenvalue weighted by molar-refractivity contribution is 7.80. The Labute approximate surface area is 155 Å². The molecular formula is C24H18NP. The van der Waals surface area contributed by atoms with Crippen LogP contribution in [-0.4, -0.2) is 4.98 Å². The van der Waals surface area contributed by atoms with Gasteiger partial charge in [-0.2, -0.15) is 0 Å². The molecule has 1 aliphatic carbocycles. The number of fused-ring (bicyclic) bond motifs is 3. The molecule has 124 valence electrons. The first-order valence-corrected chi connectivity index (χ1v) is 10.2. The molecule has 5 rings (SSSR count). The molecule has 0 aliphatic heterocycles. The van der Waals surface area contributed by atoms with Crippen LogP contribution in [0.4, 0.5) is 0 Å². The third kappa shape index (κ3) is 2.57. The maximum absolute atomic E-state index is 4.74. The van der Waals surface area contributed by atoms with Crippen molar-refractivity contribution in [3.05, 3.63) is 108 Å². The van der Waals surface area contributed by atoms with E-state index in [0.29, 0.717) is 0 Å². The molecule has 1 aliphatic rings. The van der Waals surface area contributed by atoms with Gasteiger partial charge in [-0.3, -0.25) is 4.98 Å². The third-order valence-corrected chi connectivity index (χ3v) is 7.39. The summed E-state index contributed by atoms with van der Waals surface area (Å²) in [7, 11) is -0.613. The predicted molar refractivity (Wildman–Crippen MR) is 111 cm³/mol. The van der Waals surface area contributed by atoms with Gasteiger partial charge in [-0.05, 0) is 41.0 Å². The van der Waals surface area contributed by atoms with Crippen LogP contribution in [0.5, 0.6) is 0 Å². The summed E-state index contributed by atoms with van der Waals surface area (Å²) < 4.78 is 0. The van der Waals surface area contributed by atoms with Crippen LogP contribution >= 0.6 is 7.92 Å². The van der Waals surface area contributed by atoms with Gasteiger partial charge in [0.2, 0.25) is 0 Å². The van der Waals surface area contributed by atoms with Crippen LogP contribution in [0.25, 0.3) is 11.3 Å². The molecular weight excluding hydrogens is 333 g/mol. The zero-order valence-corrected chi connectivity index (χ0v) is 15.2. The minimum atomic E-state index is -0.613. The highest BCUT2D eigenvalue weighted by Crippen LogP contribution is 2.42. The molecule has 1 aromatic heterocycles. The highest BCUT2D eigenvalue weighted by Gasteiger charge is 2.27. The molecule has 0 saturated heterocycles. The van der Waals surface area contributed by atoms with Crippen LogP contribution in [0, 0.1) is 0 Å². The monoisotopic (exact) mass is 351 g/mol. The molecule has 0 N–H and O–H groups in total. The smallest absolute Gasteiger partial charge is 0.0746 e. The summed E-state index contributed by atoms with van der Waals surface area (Å²) in [6, 6.07) is 32.8. The Bertz CT molecular complexity index is 1020. The SMILES string of the molecule is c1ccc(P(c2ccccc2)c2cccc3c2-c2ncccc2C3)cc1. The van der Waals surface area contributed by atoms with E-state index in [9.17, 15) is 0 Å². The lowest BCUT2D eigenvalue weighted by Gasteiger charge is -2.22. The van der Waals surface area contributed by atoms with Crippen LogP contribution in [0.1, 0.15) is 11.1 Å². The van der Waals surface area contributed by atoms with Gasteiger partial charge in [0.15, 0.2) is 0 Å². The van der Waals surface area contributed by atoms with Crippen LogP contribution in [0.2, 0.25) is 0 Å². The fraction of sp³-hybridized carbons (Fsp3) is 0.0417. The van der Waals surface area contributed by atoms with Crippen molar-refractivity contribution >= 4 is 23.8 Å². The molecule has 0 amide bonds. The number of rotatable bonds is 3. The van der Waals surface area contributed by atoms with E-state index in [2.05, 4.69) is 84.9 Å². The molecule has 0 radical (unpaired) electrons. The summed E-state index contributed by atoms with van der Waals surface area (Å²) in [5, 5.41) is 4.17. The minimum absolute atomic E-state index is 0.613. The van der Waals surface area contributed by atoms with Crippen molar-refractivity contribution in [2.75, 3.05) is 0 Å². The molecule has 0 atom stereocenters. The summed E-state index contributed by atoms with van der Waals surface area (Å²) in [5.41, 5.74) is 5.25. The average Bonchev–Trinajstić information content (AvgIpc) is 3.09. The van der Waals surface area contributed by atoms with Crippen molar-refractivity contribution in [2.45, 2.75) is 6.42 Å². The van der Waals surface area contributed by atoms with Gasteiger partial charge in [0.05, 0.1) is 5.69 Å². The Morgan fingerprint density at radius 2 is 1.27 bits per heavy atom. The number of nitrogens with zero attached hydrogens (tertiary/aromatic N) is 1. The van der Waals surface area contributed by atoms with E-state index in [0.717, 1.165) is 12.1 Å². The topological polar surface area (TPSA) is 12.9 Å². The molecule has 4 aromatic rings. The zero-order chi connectivity index (χ0) is 17.3. The van der Waals surface area contributed by atoms with Gasteiger partial charge in [-0.25, -0.2) is 0 Å². The molecule has 1 nitrogen and oxygen atoms in total. The first kappa shape index (κ1) is 15.5. The largest absolute Gasteiger partial charge is 0.256 e. The van der Waals surface area contributed by atoms with E-state index < -0.39 is 7.92 Å². The molecule has 26 heavy (non-hydrogen) atoms. The van der Waals surface area contributed by atoms with Gasteiger partial charge >= 0.3 is 0 Å². The van der Waals surface area contributed by atoms with Gasteiger partial charge < -0.3 is 0 Å². The van der Waals surface area contributed by atoms with Gasteiger partial charge in [-0.15, -0.1) is 0 Å². The van der Waals surface area contributed by atoms with Crippen LogP contribution in [0.3, 0.4) is 0 Å². The van der Waals surface area contributed by atoms with Gasteiger partial charge in [0.25, 0.3) is 0 Å². The maximum atomic E-state index is 4.74. The zero-order valence-electron chi connectivity index (χ0n) is 14.3. The second kappa shape index (κ2) is 6.52. The van der Waals surface area contributed by atoms with Crippen molar-refractivity contribution in [1.82, 2.24) is 4.98 Å². The van der Waals surface area contributed by atoms with Gasteiger partial charge in [0, 0.05) is 18.2 Å². The Morgan fingerprint density at radius 1 is 0.615 bits per heavy atom. The predicted octanol–water partition coefficient (Wildman–Crippen LogP) is 4.41. The van der Waals surface area contributed by atoms with Crippen LogP contribution in [0.15, 0.2) is 97.2 Å². The summed E-state index contributed by atoms with van der Waals surface area (Å²) in [6.45, 7) is 0. The van der Waals surface area contributed by atoms with Crippen molar-refractivity contribution < 1.29 is 0 Å². The molecule has 0 spiro atoms. The number of aromatic nitrogens is 1. The fourth-order valence-electron chi connectivity index (χ4n) is 3.79. The summed E-state index contributed by atoms with van der Waals surface area (Å²) >= 11 is 0. The van der Waals surface area contributed by atoms with E-state index >= 15 is 0 Å². The summed E-state index contributed by atoms with van der Waals surface area (Å²) in [4.78, 5) is 4.74. The van der Waals surface area contributed by atoms with Gasteiger partial charge in [0.1, 0.15) is 0 Å². The van der Waals surface area contributed by atoms with Crippen molar-refractivity contribution in [3.63, 3.8) is 0 Å². The second-order valence-corrected chi connectivity index (χ2v) is 8.69. The lowest BCUT2D eigenvalue weighted by atomic mass is 10.1. The van der Waals surface area contributed by atoms with Crippen LogP contribution < -0.4 is 15.9 Å². The second-order valence-electron chi connectivity index (χ2n) is 6.51. The molecule has 0 bridgehead atoms. The molecule has 0 unspecified atom stereocenters. The molecule has 3 aromatic carbocycles. The first-order valence-electron chi connectivity index (χ1n) is 8.88. The highest BCUT2D eigenvalue weighted by atomic mass is 31.1. The van der Waals surface area contributed by atoms with E-state index in [1.54, 1.807) is 0 Å². The number of benzene rings is 3. The molecule has 2 heteroatoms. The average molecular weight is 351 g/mol. The van der Waals surface area contributed by atoms with Crippen molar-refractivity contribution in [1.29, 1.82) is 0 Å². The van der Waals surface area contributed by atoms with Crippen molar-refractivity contribution in [2.24, 2.45) is 0 Å². The van der Waals surface area contributed by atoms with Gasteiger partial charge in [-0.1, -0.05) is 84.9 Å². The number of hydrogen-bond donors (Lipinski definition) is 0. The Kier molecular flexibility index (Phi) is 3.88. The third-order valence-electron chi connectivity index (χ3n) is 4.91. The van der Waals surface area contributed by atoms with Crippen molar-refractivity contribution in [3.8, 4) is 11.3 Å². The number of hydrogen-bond acceptors (Lipinski definition) is 1. The Hall–Kier alpha value is -2.76. The molecule has 1 heterocycles. The maximum Gasteiger partial charge on any atom is 0.0746 e. The first-order chi connectivity index (χ1) is 12.9. The van der Waals surface area contributed by atoms with E-state index in [1.807, 2.05) is 12.3 Å². The normalized spacial score (nSPS) is 12.0. The number of pyridine rings is 1. The fourth-order valence-corrected chi connectivity index (χ4v) is 6.29. The lowest BCUT2D eigenvalue weighted by molar-refractivity contribution is 1.23. The van der Waals surface area contributed by atoms with E-state index in [1.165, 1.54) is 32.6 Å². The standard InChI is InChI=1S/C24H18NP/c1-3-11-20(12-4-1)26(21-13-5-2-6-14-21)22-15-7-9-18-17-19-10-8-16-25-24(19)23(18)22/h1-16H,17H2. The summed E-state index contributed by atoms with van der Waals surface area (Å²) in [5.74, 6) is 0. The van der Waals surface area contributed by atoms with E-state index in [4.69, 9.17) is 4.98 Å².